The molecule has 2 aromatic carbocycles. The summed E-state index contributed by atoms with van der Waals surface area (Å²) in [6.07, 6.45) is 3.05. The Kier molecular flexibility index (Phi) is 6.97. The number of hydrogen-bond donors (Lipinski definition) is 0. The number of hydrogen-bond acceptors (Lipinski definition) is 5. The second-order valence-electron chi connectivity index (χ2n) is 7.87. The second-order valence-corrected chi connectivity index (χ2v) is 13.9. The minimum absolute atomic E-state index is 0.323. The molecule has 2 saturated heterocycles. The molecule has 0 radical (unpaired) electrons. The third-order valence-corrected chi connectivity index (χ3v) is 13.9. The van der Waals surface area contributed by atoms with Crippen LogP contribution in [0.1, 0.15) is 32.6 Å². The van der Waals surface area contributed by atoms with E-state index in [1.54, 1.807) is 0 Å². The fourth-order valence-electron chi connectivity index (χ4n) is 4.59. The van der Waals surface area contributed by atoms with Crippen LogP contribution in [0, 0.1) is 0 Å². The summed E-state index contributed by atoms with van der Waals surface area (Å²) in [5, 5.41) is 0.683. The highest BCUT2D eigenvalue weighted by molar-refractivity contribution is 7.89. The van der Waals surface area contributed by atoms with Crippen LogP contribution in [0.2, 0.25) is 0 Å². The number of benzene rings is 2. The van der Waals surface area contributed by atoms with Crippen LogP contribution in [0.5, 0.6) is 0 Å². The average molecular weight is 448 g/mol. The van der Waals surface area contributed by atoms with E-state index in [4.69, 9.17) is 14.0 Å². The minimum atomic E-state index is -3.32. The van der Waals surface area contributed by atoms with Gasteiger partial charge in [0.2, 0.25) is 7.37 Å². The Morgan fingerprint density at radius 3 is 2.17 bits per heavy atom. The molecule has 7 heteroatoms. The van der Waals surface area contributed by atoms with Gasteiger partial charge in [-0.1, -0.05) is 60.7 Å². The second kappa shape index (κ2) is 9.51. The largest absolute Gasteiger partial charge is 0.353 e. The van der Waals surface area contributed by atoms with Crippen molar-refractivity contribution < 1.29 is 23.1 Å². The summed E-state index contributed by atoms with van der Waals surface area (Å²) in [5.74, 6) is 0. The van der Waals surface area contributed by atoms with Gasteiger partial charge in [-0.2, -0.15) is 0 Å². The molecule has 0 aromatic heterocycles. The maximum atomic E-state index is 15.0. The van der Waals surface area contributed by atoms with Gasteiger partial charge in [-0.05, 0) is 32.6 Å². The number of ether oxygens (including phenoxy) is 2. The summed E-state index contributed by atoms with van der Waals surface area (Å²) in [7, 11) is -6.52. The summed E-state index contributed by atoms with van der Waals surface area (Å²) in [6.45, 7) is 2.83. The molecule has 162 valence electrons. The van der Waals surface area contributed by atoms with Gasteiger partial charge < -0.3 is 18.6 Å². The lowest BCUT2D eigenvalue weighted by molar-refractivity contribution is -0.184. The molecule has 2 aromatic rings. The predicted molar refractivity (Wildman–Crippen MR) is 121 cm³/mol. The Morgan fingerprint density at radius 2 is 1.63 bits per heavy atom. The molecular formula is C23H30O5P2. The molecule has 2 aliphatic heterocycles. The van der Waals surface area contributed by atoms with Crippen molar-refractivity contribution in [1.29, 1.82) is 0 Å². The molecule has 0 saturated carbocycles. The molecule has 5 nitrogen and oxygen atoms in total. The van der Waals surface area contributed by atoms with Crippen molar-refractivity contribution in [1.82, 2.24) is 0 Å². The third-order valence-electron chi connectivity index (χ3n) is 5.93. The first-order valence-corrected chi connectivity index (χ1v) is 14.4. The van der Waals surface area contributed by atoms with Crippen LogP contribution in [0.25, 0.3) is 0 Å². The van der Waals surface area contributed by atoms with Gasteiger partial charge in [-0.15, -0.1) is 0 Å². The highest BCUT2D eigenvalue weighted by Gasteiger charge is 2.57. The van der Waals surface area contributed by atoms with Crippen molar-refractivity contribution in [3.05, 3.63) is 60.7 Å². The Labute approximate surface area is 178 Å². The van der Waals surface area contributed by atoms with E-state index < -0.39 is 26.0 Å². The Bertz CT molecular complexity index is 868. The minimum Gasteiger partial charge on any atom is -0.353 e. The molecule has 4 unspecified atom stereocenters. The summed E-state index contributed by atoms with van der Waals surface area (Å²) in [4.78, 5) is 0. The highest BCUT2D eigenvalue weighted by Crippen LogP contribution is 2.73. The lowest BCUT2D eigenvalue weighted by Crippen LogP contribution is -2.36. The molecule has 0 N–H and O–H groups in total. The fourth-order valence-corrected chi connectivity index (χ4v) is 13.1. The van der Waals surface area contributed by atoms with Gasteiger partial charge in [0.15, 0.2) is 13.4 Å². The van der Waals surface area contributed by atoms with Crippen molar-refractivity contribution >= 4 is 25.1 Å². The maximum Gasteiger partial charge on any atom is 0.216 e. The van der Waals surface area contributed by atoms with Crippen molar-refractivity contribution in [3.63, 3.8) is 0 Å². The molecule has 0 bridgehead atoms. The van der Waals surface area contributed by atoms with E-state index in [1.807, 2.05) is 67.6 Å². The van der Waals surface area contributed by atoms with Gasteiger partial charge in [0, 0.05) is 23.4 Å². The van der Waals surface area contributed by atoms with E-state index in [0.717, 1.165) is 19.3 Å². The maximum absolute atomic E-state index is 15.0. The van der Waals surface area contributed by atoms with Crippen molar-refractivity contribution in [3.8, 4) is 0 Å². The molecule has 4 rings (SSSR count). The van der Waals surface area contributed by atoms with Gasteiger partial charge in [-0.25, -0.2) is 0 Å². The van der Waals surface area contributed by atoms with Crippen LogP contribution < -0.4 is 10.6 Å². The van der Waals surface area contributed by atoms with E-state index >= 15 is 0 Å². The summed E-state index contributed by atoms with van der Waals surface area (Å²) in [5.41, 5.74) is 0. The molecule has 2 heterocycles. The zero-order chi connectivity index (χ0) is 21.0. The molecule has 0 aliphatic carbocycles. The molecule has 30 heavy (non-hydrogen) atoms. The Morgan fingerprint density at radius 1 is 1.00 bits per heavy atom. The van der Waals surface area contributed by atoms with Crippen molar-refractivity contribution in [2.24, 2.45) is 0 Å². The standard InChI is InChI=1S/C23H30O5P2/c1-2-27-29(24)18-16-21(28-22-15-9-10-17-26-22)23(29)30(25,19-11-5-3-6-12-19)20-13-7-4-8-14-20/h3-8,11-14,21-23H,2,9-10,15-18H2,1H3. The summed E-state index contributed by atoms with van der Waals surface area (Å²) >= 11 is 0. The van der Waals surface area contributed by atoms with E-state index in [-0.39, 0.29) is 6.29 Å². The smallest absolute Gasteiger partial charge is 0.216 e. The average Bonchev–Trinajstić information content (AvgIpc) is 3.11. The SMILES string of the molecule is CCOP1(=O)CCC(OC2CCCCO2)C1P(=O)(c1ccccc1)c1ccccc1. The van der Waals surface area contributed by atoms with Gasteiger partial charge in [0.05, 0.1) is 12.7 Å². The normalized spacial score (nSPS) is 29.7. The van der Waals surface area contributed by atoms with E-state index in [0.29, 0.717) is 36.4 Å². The highest BCUT2D eigenvalue weighted by atomic mass is 31.2. The topological polar surface area (TPSA) is 61.8 Å². The zero-order valence-corrected chi connectivity index (χ0v) is 19.2. The molecule has 2 fully saturated rings. The Balaban J connectivity index is 1.81. The van der Waals surface area contributed by atoms with Gasteiger partial charge >= 0.3 is 0 Å². The molecule has 4 atom stereocenters. The van der Waals surface area contributed by atoms with Gasteiger partial charge in [-0.3, -0.25) is 4.57 Å². The van der Waals surface area contributed by atoms with E-state index in [1.165, 1.54) is 0 Å². The van der Waals surface area contributed by atoms with Gasteiger partial charge in [0.25, 0.3) is 0 Å². The quantitative estimate of drug-likeness (QED) is 0.561. The van der Waals surface area contributed by atoms with Crippen molar-refractivity contribution in [2.45, 2.75) is 50.4 Å². The summed E-state index contributed by atoms with van der Waals surface area (Å²) in [6, 6.07) is 18.8. The predicted octanol–water partition coefficient (Wildman–Crippen LogP) is 4.96. The van der Waals surface area contributed by atoms with E-state index in [9.17, 15) is 9.13 Å². The Hall–Kier alpha value is -1.22. The number of rotatable bonds is 7. The first-order valence-electron chi connectivity index (χ1n) is 10.8. The summed E-state index contributed by atoms with van der Waals surface area (Å²) < 4.78 is 47.1. The third kappa shape index (κ3) is 4.24. The lowest BCUT2D eigenvalue weighted by atomic mass is 10.2. The molecule has 0 amide bonds. The first-order chi connectivity index (χ1) is 14.6. The van der Waals surface area contributed by atoms with E-state index in [2.05, 4.69) is 0 Å². The van der Waals surface area contributed by atoms with Crippen LogP contribution in [0.15, 0.2) is 60.7 Å². The molecule has 0 spiro atoms. The van der Waals surface area contributed by atoms with Gasteiger partial charge in [0.1, 0.15) is 5.40 Å². The van der Waals surface area contributed by atoms with Crippen LogP contribution >= 0.6 is 14.5 Å². The first kappa shape index (κ1) is 22.0. The zero-order valence-electron chi connectivity index (χ0n) is 17.4. The van der Waals surface area contributed by atoms with Crippen LogP contribution in [0.3, 0.4) is 0 Å². The van der Waals surface area contributed by atoms with Crippen LogP contribution in [-0.4, -0.2) is 37.2 Å². The fraction of sp³-hybridized carbons (Fsp3) is 0.478. The van der Waals surface area contributed by atoms with Crippen molar-refractivity contribution in [2.75, 3.05) is 19.4 Å². The van der Waals surface area contributed by atoms with Crippen LogP contribution in [0.4, 0.5) is 0 Å². The van der Waals surface area contributed by atoms with Crippen LogP contribution in [-0.2, 0) is 23.1 Å². The molecular weight excluding hydrogens is 418 g/mol. The lowest BCUT2D eigenvalue weighted by Gasteiger charge is -2.35. The molecule has 2 aliphatic rings. The monoisotopic (exact) mass is 448 g/mol.